The van der Waals surface area contributed by atoms with E-state index in [1.807, 2.05) is 0 Å². The minimum atomic E-state index is -3.82. The summed E-state index contributed by atoms with van der Waals surface area (Å²) in [5.41, 5.74) is 5.68. The van der Waals surface area contributed by atoms with Crippen LogP contribution >= 0.6 is 15.9 Å². The van der Waals surface area contributed by atoms with Crippen LogP contribution in [0, 0.1) is 11.7 Å². The minimum absolute atomic E-state index is 0.0369. The van der Waals surface area contributed by atoms with Crippen LogP contribution in [0.3, 0.4) is 0 Å². The largest absolute Gasteiger partial charge is 0.326 e. The zero-order valence-corrected chi connectivity index (χ0v) is 14.4. The van der Waals surface area contributed by atoms with Gasteiger partial charge in [0.15, 0.2) is 0 Å². The van der Waals surface area contributed by atoms with Crippen LogP contribution in [0.25, 0.3) is 0 Å². The number of nitrogens with zero attached hydrogens (tertiary/aromatic N) is 1. The van der Waals surface area contributed by atoms with Crippen molar-refractivity contribution in [1.29, 1.82) is 0 Å². The Balaban J connectivity index is 2.42. The zero-order chi connectivity index (χ0) is 15.6. The quantitative estimate of drug-likeness (QED) is 0.879. The van der Waals surface area contributed by atoms with Crippen molar-refractivity contribution in [1.82, 2.24) is 4.31 Å². The van der Waals surface area contributed by atoms with E-state index in [2.05, 4.69) is 22.9 Å². The smallest absolute Gasteiger partial charge is 0.246 e. The Kier molecular flexibility index (Phi) is 5.40. The van der Waals surface area contributed by atoms with Crippen molar-refractivity contribution < 1.29 is 12.8 Å². The van der Waals surface area contributed by atoms with Gasteiger partial charge in [-0.3, -0.25) is 0 Å². The van der Waals surface area contributed by atoms with Crippen LogP contribution in [0.5, 0.6) is 0 Å². The molecule has 0 amide bonds. The Morgan fingerprint density at radius 2 is 2.10 bits per heavy atom. The van der Waals surface area contributed by atoms with Gasteiger partial charge in [-0.15, -0.1) is 0 Å². The SMILES string of the molecule is CC1CCCN(S(=O)(=O)c2cc(Br)cc(CN)c2F)CC1. The van der Waals surface area contributed by atoms with E-state index in [0.717, 1.165) is 19.3 Å². The molecular weight excluding hydrogens is 359 g/mol. The molecule has 7 heteroatoms. The topological polar surface area (TPSA) is 63.4 Å². The first kappa shape index (κ1) is 16.9. The van der Waals surface area contributed by atoms with Crippen molar-refractivity contribution in [3.63, 3.8) is 0 Å². The standard InChI is InChI=1S/C14H20BrFN2O2S/c1-10-3-2-5-18(6-4-10)21(19,20)13-8-12(15)7-11(9-17)14(13)16/h7-8,10H,2-6,9,17H2,1H3. The highest BCUT2D eigenvalue weighted by Gasteiger charge is 2.30. The summed E-state index contributed by atoms with van der Waals surface area (Å²) in [7, 11) is -3.82. The minimum Gasteiger partial charge on any atom is -0.326 e. The van der Waals surface area contributed by atoms with E-state index in [-0.39, 0.29) is 17.0 Å². The molecule has 1 heterocycles. The number of hydrogen-bond acceptors (Lipinski definition) is 3. The van der Waals surface area contributed by atoms with Crippen LogP contribution in [0.1, 0.15) is 31.7 Å². The zero-order valence-electron chi connectivity index (χ0n) is 12.0. The van der Waals surface area contributed by atoms with Gasteiger partial charge in [0.1, 0.15) is 10.7 Å². The van der Waals surface area contributed by atoms with Gasteiger partial charge < -0.3 is 5.73 Å². The number of sulfonamides is 1. The van der Waals surface area contributed by atoms with Gasteiger partial charge in [-0.2, -0.15) is 4.31 Å². The van der Waals surface area contributed by atoms with Gasteiger partial charge in [0.05, 0.1) is 0 Å². The highest BCUT2D eigenvalue weighted by molar-refractivity contribution is 9.10. The molecule has 0 bridgehead atoms. The molecule has 1 atom stereocenters. The molecule has 1 unspecified atom stereocenters. The first-order chi connectivity index (χ1) is 9.86. The molecule has 1 aromatic rings. The molecule has 0 aliphatic carbocycles. The normalized spacial score (nSPS) is 21.2. The molecule has 1 aromatic carbocycles. The predicted octanol–water partition coefficient (Wildman–Crippen LogP) is 2.86. The summed E-state index contributed by atoms with van der Waals surface area (Å²) >= 11 is 3.22. The molecule has 21 heavy (non-hydrogen) atoms. The average Bonchev–Trinajstić information content (AvgIpc) is 2.66. The van der Waals surface area contributed by atoms with E-state index < -0.39 is 15.8 Å². The number of hydrogen-bond donors (Lipinski definition) is 1. The monoisotopic (exact) mass is 378 g/mol. The maximum atomic E-state index is 14.4. The molecule has 1 aliphatic rings. The van der Waals surface area contributed by atoms with E-state index in [4.69, 9.17) is 5.73 Å². The molecule has 0 aromatic heterocycles. The van der Waals surface area contributed by atoms with Crippen LogP contribution in [0.2, 0.25) is 0 Å². The van der Waals surface area contributed by atoms with Gasteiger partial charge in [-0.05, 0) is 37.3 Å². The summed E-state index contributed by atoms with van der Waals surface area (Å²) in [4.78, 5) is -0.285. The van der Waals surface area contributed by atoms with Crippen molar-refractivity contribution in [2.75, 3.05) is 13.1 Å². The van der Waals surface area contributed by atoms with Crippen molar-refractivity contribution in [2.24, 2.45) is 11.7 Å². The lowest BCUT2D eigenvalue weighted by molar-refractivity contribution is 0.412. The molecule has 2 N–H and O–H groups in total. The van der Waals surface area contributed by atoms with Crippen LogP contribution in [0.4, 0.5) is 4.39 Å². The molecule has 118 valence electrons. The summed E-state index contributed by atoms with van der Waals surface area (Å²) < 4.78 is 41.7. The second-order valence-electron chi connectivity index (χ2n) is 5.52. The summed E-state index contributed by atoms with van der Waals surface area (Å²) in [6, 6.07) is 2.83. The summed E-state index contributed by atoms with van der Waals surface area (Å²) in [5.74, 6) is -0.241. The number of rotatable bonds is 3. The molecule has 1 aliphatic heterocycles. The van der Waals surface area contributed by atoms with Gasteiger partial charge >= 0.3 is 0 Å². The van der Waals surface area contributed by atoms with Gasteiger partial charge in [0.2, 0.25) is 10.0 Å². The second kappa shape index (κ2) is 6.73. The maximum Gasteiger partial charge on any atom is 0.246 e. The van der Waals surface area contributed by atoms with Crippen molar-refractivity contribution in [3.8, 4) is 0 Å². The third-order valence-electron chi connectivity index (χ3n) is 3.89. The van der Waals surface area contributed by atoms with Crippen molar-refractivity contribution >= 4 is 26.0 Å². The van der Waals surface area contributed by atoms with Crippen LogP contribution in [-0.4, -0.2) is 25.8 Å². The molecule has 0 spiro atoms. The summed E-state index contributed by atoms with van der Waals surface area (Å²) in [6.45, 7) is 2.96. The van der Waals surface area contributed by atoms with Gasteiger partial charge in [-0.1, -0.05) is 22.9 Å². The van der Waals surface area contributed by atoms with Crippen LogP contribution in [0.15, 0.2) is 21.5 Å². The average molecular weight is 379 g/mol. The van der Waals surface area contributed by atoms with Gasteiger partial charge in [-0.25, -0.2) is 12.8 Å². The highest BCUT2D eigenvalue weighted by atomic mass is 79.9. The molecule has 0 radical (unpaired) electrons. The lowest BCUT2D eigenvalue weighted by Crippen LogP contribution is -2.33. The number of benzene rings is 1. The number of nitrogens with two attached hydrogens (primary N) is 1. The number of halogens is 2. The Hall–Kier alpha value is -0.500. The van der Waals surface area contributed by atoms with Crippen molar-refractivity contribution in [2.45, 2.75) is 37.6 Å². The highest BCUT2D eigenvalue weighted by Crippen LogP contribution is 2.28. The molecule has 0 saturated carbocycles. The van der Waals surface area contributed by atoms with E-state index in [0.29, 0.717) is 23.5 Å². The first-order valence-electron chi connectivity index (χ1n) is 7.04. The third-order valence-corrected chi connectivity index (χ3v) is 6.25. The molecule has 2 rings (SSSR count). The lowest BCUT2D eigenvalue weighted by atomic mass is 10.0. The van der Waals surface area contributed by atoms with E-state index in [1.165, 1.54) is 16.4 Å². The van der Waals surface area contributed by atoms with E-state index in [9.17, 15) is 12.8 Å². The van der Waals surface area contributed by atoms with Crippen molar-refractivity contribution in [3.05, 3.63) is 28.0 Å². The molecule has 1 saturated heterocycles. The fourth-order valence-electron chi connectivity index (χ4n) is 2.57. The Labute approximate surface area is 133 Å². The van der Waals surface area contributed by atoms with Gasteiger partial charge in [0.25, 0.3) is 0 Å². The predicted molar refractivity (Wildman–Crippen MR) is 83.8 cm³/mol. The molecular formula is C14H20BrFN2O2S. The Bertz CT molecular complexity index is 622. The molecule has 1 fully saturated rings. The lowest BCUT2D eigenvalue weighted by Gasteiger charge is -2.21. The fourth-order valence-corrected chi connectivity index (χ4v) is 4.85. The van der Waals surface area contributed by atoms with Crippen LogP contribution in [-0.2, 0) is 16.6 Å². The molecule has 4 nitrogen and oxygen atoms in total. The van der Waals surface area contributed by atoms with E-state index >= 15 is 0 Å². The van der Waals surface area contributed by atoms with Gasteiger partial charge in [0, 0.05) is 29.7 Å². The second-order valence-corrected chi connectivity index (χ2v) is 8.34. The maximum absolute atomic E-state index is 14.4. The Morgan fingerprint density at radius 3 is 2.76 bits per heavy atom. The van der Waals surface area contributed by atoms with Crippen LogP contribution < -0.4 is 5.73 Å². The van der Waals surface area contributed by atoms with E-state index in [1.54, 1.807) is 0 Å². The summed E-state index contributed by atoms with van der Waals surface area (Å²) in [6.07, 6.45) is 2.61. The fraction of sp³-hybridized carbons (Fsp3) is 0.571. The third kappa shape index (κ3) is 3.64. The Morgan fingerprint density at radius 1 is 1.38 bits per heavy atom. The first-order valence-corrected chi connectivity index (χ1v) is 9.27. The summed E-state index contributed by atoms with van der Waals surface area (Å²) in [5, 5.41) is 0.